The molecule has 7 nitrogen and oxygen atoms in total. The van der Waals surface area contributed by atoms with Gasteiger partial charge in [0.05, 0.1) is 23.5 Å². The summed E-state index contributed by atoms with van der Waals surface area (Å²) in [6.07, 6.45) is -3.47. The van der Waals surface area contributed by atoms with E-state index in [1.165, 1.54) is 4.90 Å². The summed E-state index contributed by atoms with van der Waals surface area (Å²) in [7, 11) is 0. The maximum atomic E-state index is 13.4. The van der Waals surface area contributed by atoms with Gasteiger partial charge in [-0.15, -0.1) is 0 Å². The van der Waals surface area contributed by atoms with Crippen molar-refractivity contribution in [3.05, 3.63) is 40.8 Å². The predicted octanol–water partition coefficient (Wildman–Crippen LogP) is 4.52. The fraction of sp³-hybridized carbons (Fsp3) is 0.474. The number of hydrogen-bond acceptors (Lipinski definition) is 4. The van der Waals surface area contributed by atoms with Crippen LogP contribution in [0.25, 0.3) is 0 Å². The Morgan fingerprint density at radius 3 is 2.77 bits per heavy atom. The number of hydrogen-bond donors (Lipinski definition) is 2. The van der Waals surface area contributed by atoms with Crippen LogP contribution in [-0.4, -0.2) is 39.0 Å². The monoisotopic (exact) mass is 428 g/mol. The van der Waals surface area contributed by atoms with Crippen LogP contribution in [-0.2, 0) is 23.9 Å². The van der Waals surface area contributed by atoms with Gasteiger partial charge in [-0.05, 0) is 43.9 Å². The molecule has 30 heavy (non-hydrogen) atoms. The average molecular weight is 428 g/mol. The number of halogens is 4. The Morgan fingerprint density at radius 2 is 2.10 bits per heavy atom. The average Bonchev–Trinajstić information content (AvgIpc) is 3.07. The molecule has 1 aromatic heterocycles. The number of benzene rings is 1. The molecule has 11 heteroatoms. The van der Waals surface area contributed by atoms with Gasteiger partial charge in [0.1, 0.15) is 5.82 Å². The van der Waals surface area contributed by atoms with Crippen molar-refractivity contribution >= 4 is 17.6 Å². The van der Waals surface area contributed by atoms with E-state index >= 15 is 0 Å². The van der Waals surface area contributed by atoms with Crippen molar-refractivity contribution in [2.75, 3.05) is 18.5 Å². The zero-order valence-electron chi connectivity index (χ0n) is 15.9. The molecule has 0 spiro atoms. The molecule has 1 unspecified atom stereocenters. The van der Waals surface area contributed by atoms with Crippen molar-refractivity contribution in [2.45, 2.75) is 44.6 Å². The number of carboxylic acid groups (broad SMARTS) is 1. The number of ether oxygens (including phenoxy) is 1. The molecule has 1 amide bonds. The molecule has 1 saturated heterocycles. The second kappa shape index (κ2) is 7.78. The Hall–Kier alpha value is -2.82. The molecule has 4 rings (SSSR count). The Balaban J connectivity index is 1.74. The summed E-state index contributed by atoms with van der Waals surface area (Å²) in [6, 6.07) is 2.40. The van der Waals surface area contributed by atoms with Crippen LogP contribution in [0, 0.1) is 5.82 Å². The molecule has 0 radical (unpaired) electrons. The molecular weight excluding hydrogens is 408 g/mol. The van der Waals surface area contributed by atoms with Crippen LogP contribution >= 0.6 is 0 Å². The summed E-state index contributed by atoms with van der Waals surface area (Å²) in [4.78, 5) is 12.7. The first-order valence-electron chi connectivity index (χ1n) is 9.57. The van der Waals surface area contributed by atoms with Gasteiger partial charge >= 0.3 is 12.3 Å². The Bertz CT molecular complexity index is 954. The van der Waals surface area contributed by atoms with Crippen molar-refractivity contribution in [3.63, 3.8) is 0 Å². The minimum absolute atomic E-state index is 0.0642. The number of aromatic nitrogens is 2. The number of amides is 1. The van der Waals surface area contributed by atoms with Gasteiger partial charge in [0, 0.05) is 18.7 Å². The van der Waals surface area contributed by atoms with Crippen molar-refractivity contribution in [1.29, 1.82) is 0 Å². The maximum Gasteiger partial charge on any atom is 0.418 e. The maximum absolute atomic E-state index is 13.4. The van der Waals surface area contributed by atoms with E-state index in [9.17, 15) is 27.5 Å². The van der Waals surface area contributed by atoms with E-state index in [1.807, 2.05) is 0 Å². The van der Waals surface area contributed by atoms with Gasteiger partial charge in [0.25, 0.3) is 0 Å². The fourth-order valence-electron chi connectivity index (χ4n) is 3.85. The molecule has 2 N–H and O–H groups in total. The summed E-state index contributed by atoms with van der Waals surface area (Å²) < 4.78 is 60.9. The lowest BCUT2D eigenvalue weighted by Crippen LogP contribution is -2.36. The minimum Gasteiger partial charge on any atom is -0.465 e. The summed E-state index contributed by atoms with van der Waals surface area (Å²) in [5, 5.41) is 16.5. The Morgan fingerprint density at radius 1 is 1.30 bits per heavy atom. The normalized spacial score (nSPS) is 19.5. The smallest absolute Gasteiger partial charge is 0.418 e. The highest BCUT2D eigenvalue weighted by molar-refractivity contribution is 5.68. The molecule has 3 heterocycles. The van der Waals surface area contributed by atoms with Gasteiger partial charge in [0.15, 0.2) is 12.0 Å². The largest absolute Gasteiger partial charge is 0.465 e. The van der Waals surface area contributed by atoms with E-state index in [2.05, 4.69) is 10.4 Å². The first-order valence-corrected chi connectivity index (χ1v) is 9.57. The highest BCUT2D eigenvalue weighted by atomic mass is 19.4. The first-order chi connectivity index (χ1) is 14.2. The summed E-state index contributed by atoms with van der Waals surface area (Å²) in [5.74, 6) is -0.797. The molecule has 0 bridgehead atoms. The van der Waals surface area contributed by atoms with Gasteiger partial charge in [-0.3, -0.25) is 0 Å². The number of alkyl halides is 3. The third-order valence-corrected chi connectivity index (χ3v) is 5.33. The van der Waals surface area contributed by atoms with Crippen molar-refractivity contribution in [2.24, 2.45) is 0 Å². The summed E-state index contributed by atoms with van der Waals surface area (Å²) in [6.45, 7) is 0.791. The molecule has 1 atom stereocenters. The van der Waals surface area contributed by atoms with Gasteiger partial charge in [-0.25, -0.2) is 13.9 Å². The van der Waals surface area contributed by atoms with Gasteiger partial charge in [0.2, 0.25) is 0 Å². The minimum atomic E-state index is -4.75. The second-order valence-electron chi connectivity index (χ2n) is 7.31. The van der Waals surface area contributed by atoms with Gasteiger partial charge in [-0.1, -0.05) is 0 Å². The summed E-state index contributed by atoms with van der Waals surface area (Å²) >= 11 is 0. The highest BCUT2D eigenvalue weighted by Gasteiger charge is 2.36. The highest BCUT2D eigenvalue weighted by Crippen LogP contribution is 2.38. The Kier molecular flexibility index (Phi) is 5.31. The van der Waals surface area contributed by atoms with Crippen LogP contribution in [0.15, 0.2) is 18.2 Å². The van der Waals surface area contributed by atoms with Crippen LogP contribution in [0.4, 0.5) is 33.9 Å². The number of anilines is 2. The van der Waals surface area contributed by atoms with Crippen molar-refractivity contribution in [1.82, 2.24) is 14.7 Å². The van der Waals surface area contributed by atoms with Crippen LogP contribution in [0.5, 0.6) is 0 Å². The lowest BCUT2D eigenvalue weighted by atomic mass is 10.1. The number of rotatable bonds is 3. The predicted molar refractivity (Wildman–Crippen MR) is 97.9 cm³/mol. The summed E-state index contributed by atoms with van der Waals surface area (Å²) in [5.41, 5.74) is -0.225. The number of nitrogens with zero attached hydrogens (tertiary/aromatic N) is 3. The first kappa shape index (κ1) is 20.5. The molecule has 162 valence electrons. The SMILES string of the molecule is O=C(O)N1CCc2c(Nc3ccc(F)cc3C(F)(F)F)nn(C3CCCCO3)c2C1. The lowest BCUT2D eigenvalue weighted by molar-refractivity contribution is -0.137. The molecule has 0 saturated carbocycles. The molecule has 2 aliphatic rings. The van der Waals surface area contributed by atoms with E-state index in [-0.39, 0.29) is 24.6 Å². The second-order valence-corrected chi connectivity index (χ2v) is 7.31. The third-order valence-electron chi connectivity index (χ3n) is 5.33. The third kappa shape index (κ3) is 3.93. The van der Waals surface area contributed by atoms with E-state index < -0.39 is 29.9 Å². The lowest BCUT2D eigenvalue weighted by Gasteiger charge is -2.29. The van der Waals surface area contributed by atoms with Gasteiger partial charge < -0.3 is 20.1 Å². The van der Waals surface area contributed by atoms with Gasteiger partial charge in [-0.2, -0.15) is 18.3 Å². The van der Waals surface area contributed by atoms with Crippen molar-refractivity contribution in [3.8, 4) is 0 Å². The topological polar surface area (TPSA) is 79.6 Å². The standard InChI is InChI=1S/C19H20F4N4O3/c20-11-4-5-14(13(9-11)19(21,22)23)24-17-12-6-7-26(18(28)29)10-15(12)27(25-17)16-3-1-2-8-30-16/h4-5,9,16H,1-3,6-8,10H2,(H,24,25)(H,28,29). The van der Waals surface area contributed by atoms with Crippen LogP contribution in [0.3, 0.4) is 0 Å². The number of fused-ring (bicyclic) bond motifs is 1. The quantitative estimate of drug-likeness (QED) is 0.703. The number of carbonyl (C=O) groups is 1. The molecule has 1 fully saturated rings. The van der Waals surface area contributed by atoms with Crippen LogP contribution in [0.2, 0.25) is 0 Å². The van der Waals surface area contributed by atoms with Crippen LogP contribution in [0.1, 0.15) is 42.3 Å². The number of nitrogens with one attached hydrogen (secondary N) is 1. The van der Waals surface area contributed by atoms with E-state index in [1.54, 1.807) is 4.68 Å². The molecular formula is C19H20F4N4O3. The van der Waals surface area contributed by atoms with E-state index in [0.717, 1.165) is 25.0 Å². The van der Waals surface area contributed by atoms with E-state index in [0.29, 0.717) is 36.8 Å². The molecule has 0 aliphatic carbocycles. The zero-order valence-corrected chi connectivity index (χ0v) is 15.9. The fourth-order valence-corrected chi connectivity index (χ4v) is 3.85. The molecule has 2 aliphatic heterocycles. The van der Waals surface area contributed by atoms with E-state index in [4.69, 9.17) is 4.74 Å². The van der Waals surface area contributed by atoms with Crippen LogP contribution < -0.4 is 5.32 Å². The Labute approximate surface area is 169 Å². The molecule has 2 aromatic rings. The zero-order chi connectivity index (χ0) is 21.5. The molecule has 1 aromatic carbocycles. The van der Waals surface area contributed by atoms with Crippen molar-refractivity contribution < 1.29 is 32.2 Å².